The van der Waals surface area contributed by atoms with Crippen molar-refractivity contribution >= 4 is 30.0 Å². The molecule has 0 aromatic carbocycles. The van der Waals surface area contributed by atoms with Gasteiger partial charge in [-0.1, -0.05) is 20.3 Å². The van der Waals surface area contributed by atoms with Crippen molar-refractivity contribution in [3.63, 3.8) is 0 Å². The van der Waals surface area contributed by atoms with Crippen LogP contribution in [-0.2, 0) is 9.59 Å². The number of carbonyl (C=O) groups excluding carboxylic acids is 3. The maximum Gasteiger partial charge on any atom is 0.315 e. The van der Waals surface area contributed by atoms with E-state index in [1.165, 1.54) is 0 Å². The second-order valence-electron chi connectivity index (χ2n) is 6.81. The number of hydrogen-bond acceptors (Lipinski definition) is 4. The molecule has 0 aliphatic carbocycles. The highest BCUT2D eigenvalue weighted by molar-refractivity contribution is 8.00. The zero-order valence-electron chi connectivity index (χ0n) is 13.8. The average molecular weight is 341 g/mol. The van der Waals surface area contributed by atoms with Crippen LogP contribution in [0.25, 0.3) is 0 Å². The first-order chi connectivity index (χ1) is 11.0. The first-order valence-electron chi connectivity index (χ1n) is 8.43. The van der Waals surface area contributed by atoms with Gasteiger partial charge in [0.15, 0.2) is 0 Å². The van der Waals surface area contributed by atoms with Gasteiger partial charge in [-0.2, -0.15) is 11.8 Å². The van der Waals surface area contributed by atoms with E-state index in [-0.39, 0.29) is 30.1 Å². The molecule has 3 amide bonds. The molecule has 0 unspecified atom stereocenters. The number of aldehydes is 1. The van der Waals surface area contributed by atoms with E-state index >= 15 is 0 Å². The number of rotatable bonds is 9. The van der Waals surface area contributed by atoms with Crippen LogP contribution in [0.2, 0.25) is 0 Å². The lowest BCUT2D eigenvalue weighted by Crippen LogP contribution is -2.37. The van der Waals surface area contributed by atoms with Gasteiger partial charge in [-0.05, 0) is 25.2 Å². The van der Waals surface area contributed by atoms with E-state index in [0.29, 0.717) is 24.0 Å². The molecular formula is C16H27N3O3S. The third-order valence-electron chi connectivity index (χ3n) is 4.32. The van der Waals surface area contributed by atoms with Crippen molar-refractivity contribution in [2.75, 3.05) is 5.75 Å². The molecule has 6 nitrogen and oxygen atoms in total. The summed E-state index contributed by atoms with van der Waals surface area (Å²) in [5.41, 5.74) is 0. The number of amides is 3. The first-order valence-corrected chi connectivity index (χ1v) is 9.47. The Morgan fingerprint density at radius 1 is 1.39 bits per heavy atom. The van der Waals surface area contributed by atoms with Crippen LogP contribution in [-0.4, -0.2) is 47.4 Å². The number of unbranched alkanes of at least 4 members (excludes halogenated alkanes) is 1. The number of nitrogens with one attached hydrogen (secondary N) is 3. The Morgan fingerprint density at radius 2 is 2.17 bits per heavy atom. The summed E-state index contributed by atoms with van der Waals surface area (Å²) in [6.45, 7) is 4.07. The van der Waals surface area contributed by atoms with E-state index in [2.05, 4.69) is 16.0 Å². The summed E-state index contributed by atoms with van der Waals surface area (Å²) in [6.07, 6.45) is 4.74. The fraction of sp³-hybridized carbons (Fsp3) is 0.812. The summed E-state index contributed by atoms with van der Waals surface area (Å²) >= 11 is 1.89. The van der Waals surface area contributed by atoms with Crippen LogP contribution in [0.5, 0.6) is 0 Å². The van der Waals surface area contributed by atoms with Crippen molar-refractivity contribution in [3.05, 3.63) is 0 Å². The second kappa shape index (κ2) is 8.57. The van der Waals surface area contributed by atoms with Crippen molar-refractivity contribution in [2.24, 2.45) is 5.92 Å². The molecule has 0 spiro atoms. The van der Waals surface area contributed by atoms with Gasteiger partial charge in [0.2, 0.25) is 5.91 Å². The molecule has 2 saturated heterocycles. The predicted octanol–water partition coefficient (Wildman–Crippen LogP) is 1.44. The topological polar surface area (TPSA) is 87.3 Å². The molecule has 0 aromatic rings. The quantitative estimate of drug-likeness (QED) is 0.336. The lowest BCUT2D eigenvalue weighted by molar-refractivity contribution is -0.124. The van der Waals surface area contributed by atoms with Gasteiger partial charge in [-0.3, -0.25) is 4.79 Å². The Bertz CT molecular complexity index is 444. The minimum atomic E-state index is -0.367. The van der Waals surface area contributed by atoms with Gasteiger partial charge in [0.25, 0.3) is 0 Å². The molecule has 23 heavy (non-hydrogen) atoms. The highest BCUT2D eigenvalue weighted by Crippen LogP contribution is 2.33. The molecule has 2 heterocycles. The number of carbonyl (C=O) groups is 3. The van der Waals surface area contributed by atoms with Crippen molar-refractivity contribution in [1.82, 2.24) is 16.0 Å². The molecule has 0 radical (unpaired) electrons. The normalized spacial score (nSPS) is 27.3. The fourth-order valence-electron chi connectivity index (χ4n) is 3.21. The zero-order chi connectivity index (χ0) is 16.8. The smallest absolute Gasteiger partial charge is 0.315 e. The molecule has 0 aromatic heterocycles. The van der Waals surface area contributed by atoms with E-state index in [0.717, 1.165) is 31.3 Å². The third kappa shape index (κ3) is 5.41. The molecule has 2 rings (SSSR count). The van der Waals surface area contributed by atoms with Gasteiger partial charge in [0.05, 0.1) is 18.1 Å². The van der Waals surface area contributed by atoms with Crippen LogP contribution in [0, 0.1) is 5.92 Å². The van der Waals surface area contributed by atoms with Crippen molar-refractivity contribution in [3.8, 4) is 0 Å². The number of thioether (sulfide) groups is 1. The lowest BCUT2D eigenvalue weighted by atomic mass is 10.0. The van der Waals surface area contributed by atoms with Crippen LogP contribution in [0.4, 0.5) is 4.79 Å². The molecule has 4 atom stereocenters. The molecule has 0 bridgehead atoms. The molecule has 0 saturated carbocycles. The van der Waals surface area contributed by atoms with Crippen molar-refractivity contribution in [2.45, 2.75) is 69.3 Å². The Balaban J connectivity index is 1.61. The summed E-state index contributed by atoms with van der Waals surface area (Å²) in [7, 11) is 0. The monoisotopic (exact) mass is 341 g/mol. The van der Waals surface area contributed by atoms with Crippen molar-refractivity contribution < 1.29 is 14.4 Å². The Labute approximate surface area is 141 Å². The second-order valence-corrected chi connectivity index (χ2v) is 8.08. The summed E-state index contributed by atoms with van der Waals surface area (Å²) in [5, 5.41) is 9.13. The Morgan fingerprint density at radius 3 is 2.87 bits per heavy atom. The van der Waals surface area contributed by atoms with E-state index in [4.69, 9.17) is 0 Å². The van der Waals surface area contributed by atoms with E-state index in [9.17, 15) is 14.4 Å². The molecule has 2 aliphatic heterocycles. The standard InChI is InChI=1S/C16H27N3O3S/c1-10(2)7-11(8-20)17-14(21)6-4-3-5-13-15-12(9-23-13)18-16(22)19-15/h8,10-13,15H,3-7,9H2,1-2H3,(H,17,21)(H2,18,19,22)/t11-,12-,13-,15-/m0/s1. The summed E-state index contributed by atoms with van der Waals surface area (Å²) in [4.78, 5) is 34.1. The minimum absolute atomic E-state index is 0.0458. The number of hydrogen-bond donors (Lipinski definition) is 3. The maximum atomic E-state index is 11.9. The highest BCUT2D eigenvalue weighted by Gasteiger charge is 2.42. The van der Waals surface area contributed by atoms with Gasteiger partial charge in [0.1, 0.15) is 6.29 Å². The van der Waals surface area contributed by atoms with Gasteiger partial charge >= 0.3 is 6.03 Å². The largest absolute Gasteiger partial charge is 0.347 e. The first kappa shape index (κ1) is 18.1. The van der Waals surface area contributed by atoms with Gasteiger partial charge in [-0.15, -0.1) is 0 Å². The molecular weight excluding hydrogens is 314 g/mol. The fourth-order valence-corrected chi connectivity index (χ4v) is 4.75. The Kier molecular flexibility index (Phi) is 6.74. The van der Waals surface area contributed by atoms with Crippen LogP contribution in [0.15, 0.2) is 0 Å². The molecule has 2 fully saturated rings. The number of fused-ring (bicyclic) bond motifs is 1. The van der Waals surface area contributed by atoms with Crippen LogP contribution >= 0.6 is 11.8 Å². The molecule has 3 N–H and O–H groups in total. The number of urea groups is 1. The summed E-state index contributed by atoms with van der Waals surface area (Å²) in [6, 6.07) is 0.0557. The lowest BCUT2D eigenvalue weighted by Gasteiger charge is -2.17. The van der Waals surface area contributed by atoms with Crippen molar-refractivity contribution in [1.29, 1.82) is 0 Å². The predicted molar refractivity (Wildman–Crippen MR) is 91.4 cm³/mol. The zero-order valence-corrected chi connectivity index (χ0v) is 14.7. The average Bonchev–Trinajstić information content (AvgIpc) is 3.02. The van der Waals surface area contributed by atoms with Gasteiger partial charge < -0.3 is 20.7 Å². The van der Waals surface area contributed by atoms with Crippen LogP contribution in [0.1, 0.15) is 46.0 Å². The van der Waals surface area contributed by atoms with E-state index in [1.807, 2.05) is 25.6 Å². The van der Waals surface area contributed by atoms with Gasteiger partial charge in [-0.25, -0.2) is 4.79 Å². The van der Waals surface area contributed by atoms with E-state index in [1.54, 1.807) is 0 Å². The highest BCUT2D eigenvalue weighted by atomic mass is 32.2. The molecule has 130 valence electrons. The van der Waals surface area contributed by atoms with Crippen LogP contribution < -0.4 is 16.0 Å². The maximum absolute atomic E-state index is 11.9. The minimum Gasteiger partial charge on any atom is -0.347 e. The summed E-state index contributed by atoms with van der Waals surface area (Å²) in [5.74, 6) is 1.30. The SMILES string of the molecule is CC(C)C[C@@H](C=O)NC(=O)CCCC[C@@H]1SC[C@@H]2NC(=O)N[C@@H]21. The third-order valence-corrected chi connectivity index (χ3v) is 5.83. The summed E-state index contributed by atoms with van der Waals surface area (Å²) < 4.78 is 0. The molecule has 7 heteroatoms. The van der Waals surface area contributed by atoms with Crippen LogP contribution in [0.3, 0.4) is 0 Å². The molecule has 2 aliphatic rings. The Hall–Kier alpha value is -1.24. The van der Waals surface area contributed by atoms with Gasteiger partial charge in [0, 0.05) is 17.4 Å². The van der Waals surface area contributed by atoms with E-state index < -0.39 is 0 Å².